The van der Waals surface area contributed by atoms with E-state index in [1.807, 2.05) is 18.2 Å². The predicted octanol–water partition coefficient (Wildman–Crippen LogP) is 2.43. The minimum Gasteiger partial charge on any atom is -0.305 e. The Morgan fingerprint density at radius 3 is 2.81 bits per heavy atom. The standard InChI is InChI=1S/C13H12FNO/c1-8-2-4-11(7-12(8)14)15-10-5-3-9(6-10)13(15)16/h2-5,7,9-10H,6H2,1H3. The van der Waals surface area contributed by atoms with Gasteiger partial charge in [-0.25, -0.2) is 4.39 Å². The predicted molar refractivity (Wildman–Crippen MR) is 59.7 cm³/mol. The van der Waals surface area contributed by atoms with Crippen molar-refractivity contribution in [2.45, 2.75) is 19.4 Å². The van der Waals surface area contributed by atoms with Crippen molar-refractivity contribution in [1.82, 2.24) is 0 Å². The summed E-state index contributed by atoms with van der Waals surface area (Å²) in [4.78, 5) is 13.6. The molecule has 1 amide bonds. The summed E-state index contributed by atoms with van der Waals surface area (Å²) in [6.07, 6.45) is 4.83. The Bertz CT molecular complexity index is 495. The molecule has 1 heterocycles. The van der Waals surface area contributed by atoms with Crippen LogP contribution in [0.1, 0.15) is 12.0 Å². The van der Waals surface area contributed by atoms with Crippen molar-refractivity contribution in [3.8, 4) is 0 Å². The van der Waals surface area contributed by atoms with Gasteiger partial charge < -0.3 is 4.90 Å². The average molecular weight is 217 g/mol. The van der Waals surface area contributed by atoms with Gasteiger partial charge in [0.15, 0.2) is 0 Å². The topological polar surface area (TPSA) is 20.3 Å². The molecule has 82 valence electrons. The van der Waals surface area contributed by atoms with Crippen LogP contribution in [0.2, 0.25) is 0 Å². The quantitative estimate of drug-likeness (QED) is 0.661. The van der Waals surface area contributed by atoms with E-state index in [0.717, 1.165) is 6.42 Å². The van der Waals surface area contributed by atoms with E-state index in [9.17, 15) is 9.18 Å². The summed E-state index contributed by atoms with van der Waals surface area (Å²) in [5.74, 6) is -0.151. The van der Waals surface area contributed by atoms with Gasteiger partial charge in [-0.1, -0.05) is 18.2 Å². The molecule has 0 spiro atoms. The Balaban J connectivity index is 2.01. The van der Waals surface area contributed by atoms with Crippen LogP contribution in [0.3, 0.4) is 0 Å². The maximum Gasteiger partial charge on any atom is 0.234 e. The highest BCUT2D eigenvalue weighted by atomic mass is 19.1. The number of hydrogen-bond acceptors (Lipinski definition) is 1. The molecule has 1 aromatic carbocycles. The van der Waals surface area contributed by atoms with Crippen LogP contribution in [0.25, 0.3) is 0 Å². The molecule has 1 aromatic rings. The van der Waals surface area contributed by atoms with Crippen LogP contribution in [0.4, 0.5) is 10.1 Å². The van der Waals surface area contributed by atoms with E-state index >= 15 is 0 Å². The molecule has 0 radical (unpaired) electrons. The minimum absolute atomic E-state index is 0.00867. The molecule has 1 aliphatic heterocycles. The fraction of sp³-hybridized carbons (Fsp3) is 0.308. The highest BCUT2D eigenvalue weighted by Gasteiger charge is 2.41. The second-order valence-electron chi connectivity index (χ2n) is 4.44. The van der Waals surface area contributed by atoms with Crippen molar-refractivity contribution in [1.29, 1.82) is 0 Å². The number of anilines is 1. The third-order valence-electron chi connectivity index (χ3n) is 3.38. The molecule has 3 rings (SSSR count). The van der Waals surface area contributed by atoms with Crippen LogP contribution >= 0.6 is 0 Å². The molecule has 2 nitrogen and oxygen atoms in total. The number of aryl methyl sites for hydroxylation is 1. The second kappa shape index (κ2) is 3.17. The Labute approximate surface area is 93.4 Å². The number of carbonyl (C=O) groups excluding carboxylic acids is 1. The van der Waals surface area contributed by atoms with Crippen molar-refractivity contribution < 1.29 is 9.18 Å². The molecule has 1 saturated heterocycles. The van der Waals surface area contributed by atoms with E-state index in [0.29, 0.717) is 11.3 Å². The summed E-state index contributed by atoms with van der Waals surface area (Å²) in [6, 6.07) is 5.10. The van der Waals surface area contributed by atoms with Crippen molar-refractivity contribution in [2.75, 3.05) is 4.90 Å². The van der Waals surface area contributed by atoms with Crippen LogP contribution in [-0.4, -0.2) is 11.9 Å². The van der Waals surface area contributed by atoms with Gasteiger partial charge in [0.2, 0.25) is 5.91 Å². The number of rotatable bonds is 1. The number of benzene rings is 1. The lowest BCUT2D eigenvalue weighted by molar-refractivity contribution is -0.119. The van der Waals surface area contributed by atoms with Crippen LogP contribution in [0.5, 0.6) is 0 Å². The lowest BCUT2D eigenvalue weighted by atomic mass is 10.1. The highest BCUT2D eigenvalue weighted by molar-refractivity contribution is 6.00. The fourth-order valence-electron chi connectivity index (χ4n) is 2.45. The molecule has 1 fully saturated rings. The summed E-state index contributed by atoms with van der Waals surface area (Å²) in [5.41, 5.74) is 1.28. The van der Waals surface area contributed by atoms with Gasteiger partial charge in [0.05, 0.1) is 12.0 Å². The van der Waals surface area contributed by atoms with E-state index in [4.69, 9.17) is 0 Å². The first-order valence-corrected chi connectivity index (χ1v) is 5.44. The molecule has 0 N–H and O–H groups in total. The normalized spacial score (nSPS) is 26.9. The zero-order chi connectivity index (χ0) is 11.3. The number of amides is 1. The molecule has 0 aromatic heterocycles. The number of fused-ring (bicyclic) bond motifs is 2. The van der Waals surface area contributed by atoms with Gasteiger partial charge in [0, 0.05) is 5.69 Å². The molecule has 2 bridgehead atoms. The molecule has 0 saturated carbocycles. The maximum absolute atomic E-state index is 13.4. The van der Waals surface area contributed by atoms with Gasteiger partial charge in [0.25, 0.3) is 0 Å². The molecule has 2 aliphatic rings. The molecule has 16 heavy (non-hydrogen) atoms. The van der Waals surface area contributed by atoms with Crippen molar-refractivity contribution >= 4 is 11.6 Å². The Hall–Kier alpha value is -1.64. The smallest absolute Gasteiger partial charge is 0.234 e. The Kier molecular flexibility index (Phi) is 1.90. The van der Waals surface area contributed by atoms with Crippen molar-refractivity contribution in [2.24, 2.45) is 5.92 Å². The van der Waals surface area contributed by atoms with Crippen LogP contribution in [-0.2, 0) is 4.79 Å². The van der Waals surface area contributed by atoms with E-state index < -0.39 is 0 Å². The number of hydrogen-bond donors (Lipinski definition) is 0. The lowest BCUT2D eigenvalue weighted by Gasteiger charge is -2.24. The Morgan fingerprint density at radius 2 is 2.19 bits per heavy atom. The summed E-state index contributed by atoms with van der Waals surface area (Å²) in [7, 11) is 0. The molecule has 2 atom stereocenters. The largest absolute Gasteiger partial charge is 0.305 e. The summed E-state index contributed by atoms with van der Waals surface area (Å²) < 4.78 is 13.4. The number of halogens is 1. The molecular weight excluding hydrogens is 205 g/mol. The number of nitrogens with zero attached hydrogens (tertiary/aromatic N) is 1. The monoisotopic (exact) mass is 217 g/mol. The van der Waals surface area contributed by atoms with Gasteiger partial charge in [-0.3, -0.25) is 4.79 Å². The summed E-state index contributed by atoms with van der Waals surface area (Å²) >= 11 is 0. The van der Waals surface area contributed by atoms with Crippen LogP contribution < -0.4 is 4.90 Å². The van der Waals surface area contributed by atoms with Crippen molar-refractivity contribution in [3.63, 3.8) is 0 Å². The van der Waals surface area contributed by atoms with Gasteiger partial charge in [-0.2, -0.15) is 0 Å². The van der Waals surface area contributed by atoms with Crippen LogP contribution in [0.15, 0.2) is 30.4 Å². The minimum atomic E-state index is -0.253. The van der Waals surface area contributed by atoms with E-state index in [1.165, 1.54) is 6.07 Å². The second-order valence-corrected chi connectivity index (χ2v) is 4.44. The Morgan fingerprint density at radius 1 is 1.38 bits per heavy atom. The lowest BCUT2D eigenvalue weighted by Crippen LogP contribution is -2.34. The molecule has 1 aliphatic carbocycles. The number of carbonyl (C=O) groups is 1. The first kappa shape index (κ1) is 9.58. The zero-order valence-electron chi connectivity index (χ0n) is 8.98. The van der Waals surface area contributed by atoms with Crippen molar-refractivity contribution in [3.05, 3.63) is 41.7 Å². The van der Waals surface area contributed by atoms with Gasteiger partial charge in [-0.15, -0.1) is 0 Å². The molecule has 2 unspecified atom stereocenters. The summed E-state index contributed by atoms with van der Waals surface area (Å²) in [6.45, 7) is 1.72. The van der Waals surface area contributed by atoms with E-state index in [1.54, 1.807) is 17.9 Å². The average Bonchev–Trinajstić information content (AvgIpc) is 2.83. The van der Waals surface area contributed by atoms with E-state index in [2.05, 4.69) is 0 Å². The third kappa shape index (κ3) is 1.21. The van der Waals surface area contributed by atoms with Crippen LogP contribution in [0, 0.1) is 18.7 Å². The molecular formula is C13H12FNO. The highest BCUT2D eigenvalue weighted by Crippen LogP contribution is 2.36. The SMILES string of the molecule is Cc1ccc(N2C(=O)C3C=CC2C3)cc1F. The zero-order valence-corrected chi connectivity index (χ0v) is 8.98. The maximum atomic E-state index is 13.4. The van der Waals surface area contributed by atoms with Gasteiger partial charge >= 0.3 is 0 Å². The first-order chi connectivity index (χ1) is 7.66. The van der Waals surface area contributed by atoms with Gasteiger partial charge in [0.1, 0.15) is 5.82 Å². The van der Waals surface area contributed by atoms with Gasteiger partial charge in [-0.05, 0) is 31.0 Å². The summed E-state index contributed by atoms with van der Waals surface area (Å²) in [5, 5.41) is 0. The third-order valence-corrected chi connectivity index (χ3v) is 3.38. The molecule has 3 heteroatoms. The fourth-order valence-corrected chi connectivity index (χ4v) is 2.45. The first-order valence-electron chi connectivity index (χ1n) is 5.44. The van der Waals surface area contributed by atoms with E-state index in [-0.39, 0.29) is 23.7 Å².